The van der Waals surface area contributed by atoms with E-state index in [1.165, 1.54) is 6.08 Å². The fourth-order valence-corrected chi connectivity index (χ4v) is 2.10. The molecule has 3 aromatic rings. The molecule has 5 nitrogen and oxygen atoms in total. The summed E-state index contributed by atoms with van der Waals surface area (Å²) in [5.74, 6) is -0.0904. The minimum atomic E-state index is -0.0904. The first-order chi connectivity index (χ1) is 10.6. The first-order valence-corrected chi connectivity index (χ1v) is 7.01. The lowest BCUT2D eigenvalue weighted by Gasteiger charge is -1.99. The number of allylic oxidation sites excluding steroid dienone is 1. The van der Waals surface area contributed by atoms with Crippen molar-refractivity contribution in [2.45, 2.75) is 0 Å². The van der Waals surface area contributed by atoms with Crippen molar-refractivity contribution in [1.29, 1.82) is 0 Å². The number of hydrogen-bond donors (Lipinski definition) is 0. The molecule has 0 unspecified atom stereocenters. The Hall–Kier alpha value is -2.66. The molecule has 2 heterocycles. The van der Waals surface area contributed by atoms with E-state index in [1.807, 2.05) is 18.3 Å². The highest BCUT2D eigenvalue weighted by atomic mass is 35.5. The zero-order valence-corrected chi connectivity index (χ0v) is 12.6. The molecule has 0 amide bonds. The van der Waals surface area contributed by atoms with Gasteiger partial charge in [0.1, 0.15) is 0 Å². The average Bonchev–Trinajstić information content (AvgIpc) is 3.15. The van der Waals surface area contributed by atoms with Crippen molar-refractivity contribution < 1.29 is 4.79 Å². The molecule has 0 fully saturated rings. The second kappa shape index (κ2) is 5.99. The lowest BCUT2D eigenvalue weighted by Crippen LogP contribution is -1.93. The number of hydrogen-bond acceptors (Lipinski definition) is 3. The van der Waals surface area contributed by atoms with Crippen molar-refractivity contribution in [2.24, 2.45) is 7.05 Å². The predicted molar refractivity (Wildman–Crippen MR) is 85.1 cm³/mol. The number of carbonyl (C=O) groups is 1. The monoisotopic (exact) mass is 312 g/mol. The van der Waals surface area contributed by atoms with Crippen LogP contribution in [0.1, 0.15) is 15.9 Å². The minimum absolute atomic E-state index is 0.0904. The Labute approximate surface area is 132 Å². The number of benzene rings is 1. The Morgan fingerprint density at radius 3 is 2.59 bits per heavy atom. The quantitative estimate of drug-likeness (QED) is 0.549. The van der Waals surface area contributed by atoms with Crippen molar-refractivity contribution in [3.63, 3.8) is 0 Å². The molecule has 0 aliphatic rings. The molecule has 0 saturated heterocycles. The van der Waals surface area contributed by atoms with E-state index >= 15 is 0 Å². The van der Waals surface area contributed by atoms with Crippen molar-refractivity contribution in [2.75, 3.05) is 0 Å². The SMILES string of the molecule is Cn1cc(C(=O)/C=C\c2cnn(-c3ccc(Cl)cc3)c2)cn1. The van der Waals surface area contributed by atoms with Crippen molar-refractivity contribution in [1.82, 2.24) is 19.6 Å². The maximum absolute atomic E-state index is 12.0. The molecule has 0 radical (unpaired) electrons. The third-order valence-corrected chi connectivity index (χ3v) is 3.36. The Balaban J connectivity index is 1.75. The van der Waals surface area contributed by atoms with Crippen LogP contribution in [-0.4, -0.2) is 25.3 Å². The molecular formula is C16H13ClN4O. The zero-order valence-electron chi connectivity index (χ0n) is 11.8. The van der Waals surface area contributed by atoms with Gasteiger partial charge in [0.2, 0.25) is 0 Å². The van der Waals surface area contributed by atoms with Crippen LogP contribution in [0.2, 0.25) is 5.02 Å². The first kappa shape index (κ1) is 14.3. The lowest BCUT2D eigenvalue weighted by molar-refractivity contribution is 0.104. The molecule has 22 heavy (non-hydrogen) atoms. The Bertz CT molecular complexity index is 830. The second-order valence-corrected chi connectivity index (χ2v) is 5.23. The molecule has 2 aromatic heterocycles. The maximum Gasteiger partial charge on any atom is 0.189 e. The molecule has 0 bridgehead atoms. The topological polar surface area (TPSA) is 52.7 Å². The predicted octanol–water partition coefficient (Wildman–Crippen LogP) is 3.16. The van der Waals surface area contributed by atoms with Gasteiger partial charge in [-0.1, -0.05) is 11.6 Å². The van der Waals surface area contributed by atoms with Gasteiger partial charge in [0.25, 0.3) is 0 Å². The highest BCUT2D eigenvalue weighted by Gasteiger charge is 2.04. The summed E-state index contributed by atoms with van der Waals surface area (Å²) in [5, 5.41) is 8.92. The van der Waals surface area contributed by atoms with Crippen LogP contribution < -0.4 is 0 Å². The summed E-state index contributed by atoms with van der Waals surface area (Å²) in [5.41, 5.74) is 2.30. The summed E-state index contributed by atoms with van der Waals surface area (Å²) in [6.45, 7) is 0. The standard InChI is InChI=1S/C16H13ClN4O/c1-20-11-13(9-18-20)16(22)7-2-12-8-19-21(10-12)15-5-3-14(17)4-6-15/h2-11H,1H3/b7-2-. The van der Waals surface area contributed by atoms with E-state index in [1.54, 1.807) is 53.2 Å². The maximum atomic E-state index is 12.0. The van der Waals surface area contributed by atoms with Crippen molar-refractivity contribution in [3.05, 3.63) is 71.3 Å². The summed E-state index contributed by atoms with van der Waals surface area (Å²) < 4.78 is 3.32. The molecule has 0 aliphatic carbocycles. The molecule has 0 atom stereocenters. The van der Waals surface area contributed by atoms with Gasteiger partial charge in [0.15, 0.2) is 5.78 Å². The molecule has 3 rings (SSSR count). The summed E-state index contributed by atoms with van der Waals surface area (Å²) in [7, 11) is 1.77. The van der Waals surface area contributed by atoms with E-state index in [9.17, 15) is 4.79 Å². The van der Waals surface area contributed by atoms with E-state index in [4.69, 9.17) is 11.6 Å². The Kier molecular flexibility index (Phi) is 3.89. The summed E-state index contributed by atoms with van der Waals surface area (Å²) >= 11 is 5.86. The highest BCUT2D eigenvalue weighted by molar-refractivity contribution is 6.30. The number of ketones is 1. The summed E-state index contributed by atoms with van der Waals surface area (Å²) in [4.78, 5) is 12.0. The first-order valence-electron chi connectivity index (χ1n) is 6.63. The summed E-state index contributed by atoms with van der Waals surface area (Å²) in [6, 6.07) is 7.37. The largest absolute Gasteiger partial charge is 0.289 e. The van der Waals surface area contributed by atoms with Gasteiger partial charge in [-0.25, -0.2) is 4.68 Å². The van der Waals surface area contributed by atoms with Crippen molar-refractivity contribution >= 4 is 23.5 Å². The van der Waals surface area contributed by atoms with Gasteiger partial charge in [0.05, 0.1) is 23.6 Å². The smallest absolute Gasteiger partial charge is 0.189 e. The lowest BCUT2D eigenvalue weighted by atomic mass is 10.2. The van der Waals surface area contributed by atoms with Gasteiger partial charge < -0.3 is 0 Å². The Morgan fingerprint density at radius 1 is 1.14 bits per heavy atom. The van der Waals surface area contributed by atoms with Crippen LogP contribution in [-0.2, 0) is 7.05 Å². The highest BCUT2D eigenvalue weighted by Crippen LogP contribution is 2.14. The van der Waals surface area contributed by atoms with Crippen LogP contribution in [0.15, 0.2) is 55.1 Å². The number of aryl methyl sites for hydroxylation is 1. The normalized spacial score (nSPS) is 11.2. The van der Waals surface area contributed by atoms with Crippen LogP contribution >= 0.6 is 11.6 Å². The van der Waals surface area contributed by atoms with Crippen LogP contribution in [0.25, 0.3) is 11.8 Å². The third kappa shape index (κ3) is 3.15. The van der Waals surface area contributed by atoms with Crippen LogP contribution in [0.3, 0.4) is 0 Å². The third-order valence-electron chi connectivity index (χ3n) is 3.11. The van der Waals surface area contributed by atoms with Gasteiger partial charge in [-0.15, -0.1) is 0 Å². The van der Waals surface area contributed by atoms with Crippen molar-refractivity contribution in [3.8, 4) is 5.69 Å². The fraction of sp³-hybridized carbons (Fsp3) is 0.0625. The van der Waals surface area contributed by atoms with Gasteiger partial charge in [-0.2, -0.15) is 10.2 Å². The average molecular weight is 313 g/mol. The van der Waals surface area contributed by atoms with Gasteiger partial charge in [-0.3, -0.25) is 9.48 Å². The van der Waals surface area contributed by atoms with Crippen LogP contribution in [0, 0.1) is 0 Å². The van der Waals surface area contributed by atoms with Gasteiger partial charge >= 0.3 is 0 Å². The van der Waals surface area contributed by atoms with E-state index in [0.717, 1.165) is 11.3 Å². The number of nitrogens with zero attached hydrogens (tertiary/aromatic N) is 4. The zero-order chi connectivity index (χ0) is 15.5. The second-order valence-electron chi connectivity index (χ2n) is 4.79. The number of rotatable bonds is 4. The van der Waals surface area contributed by atoms with E-state index in [-0.39, 0.29) is 5.78 Å². The minimum Gasteiger partial charge on any atom is -0.289 e. The van der Waals surface area contributed by atoms with Crippen LogP contribution in [0.4, 0.5) is 0 Å². The molecule has 0 saturated carbocycles. The number of aromatic nitrogens is 4. The summed E-state index contributed by atoms with van der Waals surface area (Å²) in [6.07, 6.45) is 10.0. The number of halogens is 1. The van der Waals surface area contributed by atoms with E-state index < -0.39 is 0 Å². The van der Waals surface area contributed by atoms with Gasteiger partial charge in [0, 0.05) is 30.0 Å². The molecule has 0 N–H and O–H groups in total. The molecule has 110 valence electrons. The molecule has 0 spiro atoms. The van der Waals surface area contributed by atoms with Crippen LogP contribution in [0.5, 0.6) is 0 Å². The Morgan fingerprint density at radius 2 is 1.91 bits per heavy atom. The fourth-order valence-electron chi connectivity index (χ4n) is 1.97. The van der Waals surface area contributed by atoms with Gasteiger partial charge in [-0.05, 0) is 36.4 Å². The number of carbonyl (C=O) groups excluding carboxylic acids is 1. The molecule has 1 aromatic carbocycles. The van der Waals surface area contributed by atoms with E-state index in [2.05, 4.69) is 10.2 Å². The molecule has 0 aliphatic heterocycles. The van der Waals surface area contributed by atoms with E-state index in [0.29, 0.717) is 10.6 Å². The molecular weight excluding hydrogens is 300 g/mol. The molecule has 6 heteroatoms.